The second kappa shape index (κ2) is 15.4. The Bertz CT molecular complexity index is 2170. The summed E-state index contributed by atoms with van der Waals surface area (Å²) in [4.78, 5) is 48.6. The van der Waals surface area contributed by atoms with E-state index in [4.69, 9.17) is 32.3 Å². The zero-order chi connectivity index (χ0) is 40.9. The van der Waals surface area contributed by atoms with Crippen molar-refractivity contribution in [3.8, 4) is 11.1 Å². The number of rotatable bonds is 13. The molecule has 1 aliphatic heterocycles. The van der Waals surface area contributed by atoms with Crippen molar-refractivity contribution in [3.63, 3.8) is 0 Å². The Morgan fingerprint density at radius 2 is 1.77 bits per heavy atom. The van der Waals surface area contributed by atoms with Crippen LogP contribution in [0.15, 0.2) is 78.0 Å². The highest BCUT2D eigenvalue weighted by Crippen LogP contribution is 2.51. The van der Waals surface area contributed by atoms with Gasteiger partial charge in [-0.05, 0) is 75.5 Å². The van der Waals surface area contributed by atoms with Gasteiger partial charge in [0.1, 0.15) is 17.2 Å². The molecule has 4 radical (unpaired) electrons. The molecule has 3 fully saturated rings. The normalized spacial score (nSPS) is 21.1. The number of carbonyl (C=O) groups excluding carboxylic acids is 3. The lowest BCUT2D eigenvalue weighted by molar-refractivity contribution is -0.121. The summed E-state index contributed by atoms with van der Waals surface area (Å²) in [6, 6.07) is 10.9. The monoisotopic (exact) mass is 767 g/mol. The van der Waals surface area contributed by atoms with Crippen LogP contribution in [-0.2, 0) is 14.9 Å². The molecule has 3 amide bonds. The zero-order valence-corrected chi connectivity index (χ0v) is 33.4. The number of amides is 3. The predicted octanol–water partition coefficient (Wildman–Crippen LogP) is 3.07. The third-order valence-corrected chi connectivity index (χ3v) is 11.6. The van der Waals surface area contributed by atoms with E-state index in [0.717, 1.165) is 60.2 Å². The summed E-state index contributed by atoms with van der Waals surface area (Å²) in [5.74, 6) is -0.744. The van der Waals surface area contributed by atoms with Gasteiger partial charge in [-0.25, -0.2) is 4.98 Å². The molecule has 0 spiro atoms. The highest BCUT2D eigenvalue weighted by molar-refractivity contribution is 6.39. The van der Waals surface area contributed by atoms with E-state index < -0.39 is 11.2 Å². The van der Waals surface area contributed by atoms with Crippen LogP contribution in [0.5, 0.6) is 0 Å². The van der Waals surface area contributed by atoms with Crippen LogP contribution >= 0.6 is 0 Å². The van der Waals surface area contributed by atoms with Crippen LogP contribution < -0.4 is 32.3 Å². The van der Waals surface area contributed by atoms with Gasteiger partial charge in [0, 0.05) is 62.0 Å². The largest absolute Gasteiger partial charge is 0.393 e. The van der Waals surface area contributed by atoms with Gasteiger partial charge in [0.25, 0.3) is 11.8 Å². The highest BCUT2D eigenvalue weighted by atomic mass is 16.2. The molecule has 3 aromatic rings. The molecule has 16 heteroatoms. The van der Waals surface area contributed by atoms with Crippen LogP contribution in [0.1, 0.15) is 85.8 Å². The number of nitrogens with one attached hydrogen (secondary N) is 3. The van der Waals surface area contributed by atoms with Gasteiger partial charge in [-0.2, -0.15) is 5.10 Å². The molecule has 0 saturated heterocycles. The van der Waals surface area contributed by atoms with Gasteiger partial charge >= 0.3 is 0 Å². The Labute approximate surface area is 337 Å². The maximum atomic E-state index is 13.2. The summed E-state index contributed by atoms with van der Waals surface area (Å²) in [7, 11) is 20.9. The van der Waals surface area contributed by atoms with E-state index in [0.29, 0.717) is 24.2 Å². The van der Waals surface area contributed by atoms with E-state index >= 15 is 0 Å². The quantitative estimate of drug-likeness (QED) is 0.0752. The number of allylic oxidation sites excluding steroid dienone is 1. The number of pyridine rings is 1. The number of nitrogens with two attached hydrogens (primary N) is 2. The van der Waals surface area contributed by atoms with E-state index in [1.807, 2.05) is 37.3 Å². The van der Waals surface area contributed by atoms with E-state index in [2.05, 4.69) is 50.1 Å². The first-order valence-corrected chi connectivity index (χ1v) is 19.6. The minimum atomic E-state index is -1.46. The van der Waals surface area contributed by atoms with E-state index in [9.17, 15) is 14.4 Å². The fourth-order valence-electron chi connectivity index (χ4n) is 7.93. The number of para-hydroxylation sites is 1. The molecule has 3 unspecified atom stereocenters. The summed E-state index contributed by atoms with van der Waals surface area (Å²) >= 11 is 0. The molecule has 57 heavy (non-hydrogen) atoms. The van der Waals surface area contributed by atoms with Crippen molar-refractivity contribution < 1.29 is 14.4 Å². The molecule has 14 nitrogen and oxygen atoms in total. The maximum Gasteiger partial charge on any atom is 0.271 e. The van der Waals surface area contributed by atoms with Gasteiger partial charge < -0.3 is 42.1 Å². The minimum absolute atomic E-state index is 0.0362. The van der Waals surface area contributed by atoms with Crippen molar-refractivity contribution in [3.05, 3.63) is 95.1 Å². The van der Waals surface area contributed by atoms with Gasteiger partial charge in [-0.15, -0.1) is 0 Å². The summed E-state index contributed by atoms with van der Waals surface area (Å²) in [5.41, 5.74) is 19.3. The van der Waals surface area contributed by atoms with Crippen LogP contribution in [0.2, 0.25) is 0 Å². The number of hydrogen-bond acceptors (Lipinski definition) is 10. The maximum absolute atomic E-state index is 13.2. The van der Waals surface area contributed by atoms with Gasteiger partial charge in [0.05, 0.1) is 56.7 Å². The molecule has 3 saturated carbocycles. The van der Waals surface area contributed by atoms with Gasteiger partial charge in [-0.3, -0.25) is 19.1 Å². The fraction of sp³-hybridized carbons (Fsp3) is 0.439. The number of benzene rings is 1. The first-order valence-electron chi connectivity index (χ1n) is 19.6. The molecule has 0 bridgehead atoms. The lowest BCUT2D eigenvalue weighted by atomic mass is 9.58. The Morgan fingerprint density at radius 3 is 2.44 bits per heavy atom. The summed E-state index contributed by atoms with van der Waals surface area (Å²) in [6.45, 7) is 6.64. The third-order valence-electron chi connectivity index (χ3n) is 11.6. The van der Waals surface area contributed by atoms with Crippen molar-refractivity contribution in [2.24, 2.45) is 17.4 Å². The lowest BCUT2D eigenvalue weighted by Crippen LogP contribution is -2.50. The Hall–Kier alpha value is -5.50. The number of anilines is 2. The van der Waals surface area contributed by atoms with Crippen LogP contribution in [0, 0.1) is 5.92 Å². The van der Waals surface area contributed by atoms with Crippen molar-refractivity contribution in [1.82, 2.24) is 35.2 Å². The SMILES string of the molecule is [B]C([B])(c1cccc(C(=O)N(C)C)n1)N(C)C1CC(=C)C(n2ncc3c2C(CC)N(C)c2c(NC(/C=C(\N)NC(=O)C4CC4)=C(/N)C(=O)NC4CC4)cccc2-3)C1. The summed E-state index contributed by atoms with van der Waals surface area (Å²) in [6.07, 6.45) is 8.95. The Morgan fingerprint density at radius 1 is 1.05 bits per heavy atom. The number of nitrogens with zero attached hydrogens (tertiary/aromatic N) is 6. The average molecular weight is 768 g/mol. The molecule has 7 rings (SSSR count). The van der Waals surface area contributed by atoms with Crippen molar-refractivity contribution in [2.75, 3.05) is 38.4 Å². The van der Waals surface area contributed by atoms with Crippen molar-refractivity contribution in [2.45, 2.75) is 81.4 Å². The molecular weight excluding hydrogens is 716 g/mol. The van der Waals surface area contributed by atoms with Crippen LogP contribution in [0.4, 0.5) is 11.4 Å². The van der Waals surface area contributed by atoms with Crippen LogP contribution in [0.25, 0.3) is 11.1 Å². The summed E-state index contributed by atoms with van der Waals surface area (Å²) < 4.78 is 2.10. The van der Waals surface area contributed by atoms with Crippen molar-refractivity contribution >= 4 is 44.8 Å². The second-order valence-corrected chi connectivity index (χ2v) is 16.0. The minimum Gasteiger partial charge on any atom is -0.393 e. The number of fused-ring (bicyclic) bond motifs is 3. The van der Waals surface area contributed by atoms with Gasteiger partial charge in [0.2, 0.25) is 5.91 Å². The highest BCUT2D eigenvalue weighted by Gasteiger charge is 2.42. The number of hydrogen-bond donors (Lipinski definition) is 5. The van der Waals surface area contributed by atoms with Gasteiger partial charge in [-0.1, -0.05) is 37.3 Å². The number of carbonyl (C=O) groups is 3. The standard InChI is InChI=1S/C41H51B2N11O3/c1-7-31-37-27(21-46-54(37)32-19-25(18-22(32)2)53(6)41(42,43)33-13-9-12-29(49-33)40(57)51(3)4)26-10-8-11-28(36(26)52(31)5)48-30(35(45)39(56)47-24-16-17-24)20-34(44)50-38(55)23-14-15-23/h8-13,20-21,23-25,31-32,48H,2,7,14-19,44-45H2,1,3-6H3,(H,47,56)(H,50,55)/b34-20+,35-30+. The predicted molar refractivity (Wildman–Crippen MR) is 223 cm³/mol. The Kier molecular flexibility index (Phi) is 10.8. The summed E-state index contributed by atoms with van der Waals surface area (Å²) in [5, 5.41) is 12.7. The van der Waals surface area contributed by atoms with E-state index in [1.165, 1.54) is 11.0 Å². The van der Waals surface area contributed by atoms with Crippen LogP contribution in [0.3, 0.4) is 0 Å². The first-order chi connectivity index (χ1) is 27.1. The molecule has 294 valence electrons. The van der Waals surface area contributed by atoms with E-state index in [-0.39, 0.29) is 64.8 Å². The molecule has 3 heterocycles. The lowest BCUT2D eigenvalue weighted by Gasteiger charge is -2.41. The molecular formula is C41H51B2N11O3. The fourth-order valence-corrected chi connectivity index (χ4v) is 7.93. The zero-order valence-electron chi connectivity index (χ0n) is 33.4. The number of aromatic nitrogens is 3. The smallest absolute Gasteiger partial charge is 0.271 e. The first kappa shape index (κ1) is 39.7. The molecule has 3 aliphatic carbocycles. The third kappa shape index (κ3) is 7.79. The molecule has 1 aromatic carbocycles. The van der Waals surface area contributed by atoms with E-state index in [1.54, 1.807) is 32.3 Å². The molecule has 2 aromatic heterocycles. The average Bonchev–Trinajstić information content (AvgIpc) is 4.12. The second-order valence-electron chi connectivity index (χ2n) is 16.0. The van der Waals surface area contributed by atoms with Crippen LogP contribution in [-0.4, -0.2) is 98.3 Å². The van der Waals surface area contributed by atoms with Crippen molar-refractivity contribution in [1.29, 1.82) is 0 Å². The molecule has 4 aliphatic rings. The molecule has 7 N–H and O–H groups in total. The Balaban J connectivity index is 1.18. The van der Waals surface area contributed by atoms with Gasteiger partial charge in [0.15, 0.2) is 0 Å². The topological polar surface area (TPSA) is 180 Å². The molecule has 3 atom stereocenters.